The van der Waals surface area contributed by atoms with Crippen molar-refractivity contribution in [3.63, 3.8) is 0 Å². The molecule has 0 saturated heterocycles. The standard InChI is InChI=1S/C60H39N3/c1-7-19-55-49(13-1)50-14-2-8-20-56(50)61(55)46-31-25-40(26-32-46)43-37-44(41-27-33-47(34-28-41)62-57-21-9-3-15-51(57)52-16-4-10-22-58(52)62)39-45(38-43)42-29-35-48(36-30-42)63-59-23-11-5-17-53(59)54-18-6-12-24-60(54)63/h1-39H. The van der Waals surface area contributed by atoms with Crippen LogP contribution in [0.2, 0.25) is 0 Å². The van der Waals surface area contributed by atoms with Crippen molar-refractivity contribution in [3.8, 4) is 50.4 Å². The quantitative estimate of drug-likeness (QED) is 0.159. The van der Waals surface area contributed by atoms with E-state index in [9.17, 15) is 0 Å². The third-order valence-corrected chi connectivity index (χ3v) is 13.0. The lowest BCUT2D eigenvalue weighted by Crippen LogP contribution is -1.95. The van der Waals surface area contributed by atoms with E-state index in [0.29, 0.717) is 0 Å². The predicted molar refractivity (Wildman–Crippen MR) is 266 cm³/mol. The predicted octanol–water partition coefficient (Wildman–Crippen LogP) is 16.0. The van der Waals surface area contributed by atoms with Crippen LogP contribution in [0.25, 0.3) is 116 Å². The summed E-state index contributed by atoms with van der Waals surface area (Å²) in [5.41, 5.74) is 17.8. The van der Waals surface area contributed by atoms with Gasteiger partial charge in [0.2, 0.25) is 0 Å². The minimum atomic E-state index is 1.15. The largest absolute Gasteiger partial charge is 0.309 e. The maximum Gasteiger partial charge on any atom is 0.0541 e. The zero-order chi connectivity index (χ0) is 41.4. The molecule has 0 aliphatic heterocycles. The summed E-state index contributed by atoms with van der Waals surface area (Å²) in [6.45, 7) is 0. The third kappa shape index (κ3) is 5.60. The molecule has 3 heteroatoms. The first-order chi connectivity index (χ1) is 31.2. The molecule has 0 unspecified atom stereocenters. The highest BCUT2D eigenvalue weighted by Crippen LogP contribution is 2.38. The van der Waals surface area contributed by atoms with Gasteiger partial charge in [-0.15, -0.1) is 0 Å². The molecule has 0 amide bonds. The number of benzene rings is 10. The van der Waals surface area contributed by atoms with Crippen molar-refractivity contribution < 1.29 is 0 Å². The fourth-order valence-electron chi connectivity index (χ4n) is 10.1. The summed E-state index contributed by atoms with van der Waals surface area (Å²) in [6, 6.07) is 86.5. The fourth-order valence-corrected chi connectivity index (χ4v) is 10.1. The maximum absolute atomic E-state index is 2.38. The Morgan fingerprint density at radius 1 is 0.175 bits per heavy atom. The Labute approximate surface area is 364 Å². The Hall–Kier alpha value is -8.40. The van der Waals surface area contributed by atoms with Crippen LogP contribution in [-0.4, -0.2) is 13.7 Å². The average Bonchev–Trinajstić information content (AvgIpc) is 4.00. The first kappa shape index (κ1) is 35.4. The molecule has 0 saturated carbocycles. The molecule has 63 heavy (non-hydrogen) atoms. The second-order valence-corrected chi connectivity index (χ2v) is 16.5. The second-order valence-electron chi connectivity index (χ2n) is 16.5. The summed E-state index contributed by atoms with van der Waals surface area (Å²) in [6.07, 6.45) is 0. The molecule has 0 radical (unpaired) electrons. The Morgan fingerprint density at radius 2 is 0.365 bits per heavy atom. The summed E-state index contributed by atoms with van der Waals surface area (Å²) in [5.74, 6) is 0. The van der Waals surface area contributed by atoms with Gasteiger partial charge in [0.1, 0.15) is 0 Å². The molecule has 0 fully saturated rings. The van der Waals surface area contributed by atoms with Gasteiger partial charge in [-0.3, -0.25) is 0 Å². The van der Waals surface area contributed by atoms with Gasteiger partial charge in [-0.05, 0) is 124 Å². The molecule has 0 aliphatic carbocycles. The number of hydrogen-bond donors (Lipinski definition) is 0. The third-order valence-electron chi connectivity index (χ3n) is 13.0. The lowest BCUT2D eigenvalue weighted by atomic mass is 9.93. The van der Waals surface area contributed by atoms with Crippen molar-refractivity contribution in [2.45, 2.75) is 0 Å². The number of rotatable bonds is 6. The van der Waals surface area contributed by atoms with E-state index in [4.69, 9.17) is 0 Å². The van der Waals surface area contributed by atoms with Gasteiger partial charge in [-0.1, -0.05) is 146 Å². The van der Waals surface area contributed by atoms with Crippen molar-refractivity contribution in [1.29, 1.82) is 0 Å². The summed E-state index contributed by atoms with van der Waals surface area (Å²) >= 11 is 0. The molecular weight excluding hydrogens is 763 g/mol. The van der Waals surface area contributed by atoms with Crippen molar-refractivity contribution >= 4 is 65.4 Å². The van der Waals surface area contributed by atoms with Gasteiger partial charge in [0.05, 0.1) is 33.1 Å². The Bertz CT molecular complexity index is 3300. The van der Waals surface area contributed by atoms with Gasteiger partial charge in [0, 0.05) is 49.4 Å². The van der Waals surface area contributed by atoms with E-state index >= 15 is 0 Å². The summed E-state index contributed by atoms with van der Waals surface area (Å²) in [5, 5.41) is 7.60. The number of aromatic nitrogens is 3. The van der Waals surface area contributed by atoms with Gasteiger partial charge >= 0.3 is 0 Å². The topological polar surface area (TPSA) is 14.8 Å². The van der Waals surface area contributed by atoms with E-state index in [1.165, 1.54) is 98.8 Å². The minimum Gasteiger partial charge on any atom is -0.309 e. The molecule has 3 heterocycles. The van der Waals surface area contributed by atoms with Crippen LogP contribution in [0.5, 0.6) is 0 Å². The highest BCUT2D eigenvalue weighted by molar-refractivity contribution is 6.11. The van der Waals surface area contributed by atoms with Crippen LogP contribution >= 0.6 is 0 Å². The maximum atomic E-state index is 2.38. The smallest absolute Gasteiger partial charge is 0.0541 e. The molecular formula is C60H39N3. The average molecular weight is 802 g/mol. The van der Waals surface area contributed by atoms with Crippen LogP contribution in [0.3, 0.4) is 0 Å². The van der Waals surface area contributed by atoms with E-state index < -0.39 is 0 Å². The first-order valence-electron chi connectivity index (χ1n) is 21.7. The molecule has 0 N–H and O–H groups in total. The fraction of sp³-hybridized carbons (Fsp3) is 0. The molecule has 0 atom stereocenters. The lowest BCUT2D eigenvalue weighted by molar-refractivity contribution is 1.18. The van der Waals surface area contributed by atoms with E-state index in [-0.39, 0.29) is 0 Å². The Morgan fingerprint density at radius 3 is 0.571 bits per heavy atom. The van der Waals surface area contributed by atoms with Crippen LogP contribution in [-0.2, 0) is 0 Å². The van der Waals surface area contributed by atoms with E-state index in [0.717, 1.165) is 17.1 Å². The van der Waals surface area contributed by atoms with E-state index in [1.54, 1.807) is 0 Å². The number of hydrogen-bond acceptors (Lipinski definition) is 0. The van der Waals surface area contributed by atoms with Gasteiger partial charge in [0.15, 0.2) is 0 Å². The number of fused-ring (bicyclic) bond motifs is 9. The Kier molecular flexibility index (Phi) is 7.91. The number of para-hydroxylation sites is 6. The molecule has 3 nitrogen and oxygen atoms in total. The van der Waals surface area contributed by atoms with Gasteiger partial charge < -0.3 is 13.7 Å². The van der Waals surface area contributed by atoms with Crippen molar-refractivity contribution in [1.82, 2.24) is 13.7 Å². The first-order valence-corrected chi connectivity index (χ1v) is 21.7. The molecule has 13 aromatic rings. The van der Waals surface area contributed by atoms with Crippen molar-refractivity contribution in [2.24, 2.45) is 0 Å². The van der Waals surface area contributed by atoms with Crippen LogP contribution in [0.4, 0.5) is 0 Å². The monoisotopic (exact) mass is 801 g/mol. The SMILES string of the molecule is c1ccc2c(c1)c1ccccc1n2-c1ccc(-c2cc(-c3ccc(-n4c5ccccc5c5ccccc54)cc3)cc(-c3ccc(-n4c5ccccc5c5ccccc54)cc3)c2)cc1. The van der Waals surface area contributed by atoms with E-state index in [1.807, 2.05) is 0 Å². The summed E-state index contributed by atoms with van der Waals surface area (Å²) in [7, 11) is 0. The molecule has 0 bridgehead atoms. The highest BCUT2D eigenvalue weighted by atomic mass is 15.0. The van der Waals surface area contributed by atoms with Gasteiger partial charge in [-0.2, -0.15) is 0 Å². The zero-order valence-corrected chi connectivity index (χ0v) is 34.4. The van der Waals surface area contributed by atoms with Crippen molar-refractivity contribution in [2.75, 3.05) is 0 Å². The van der Waals surface area contributed by atoms with Crippen LogP contribution in [0.1, 0.15) is 0 Å². The normalized spacial score (nSPS) is 11.8. The Balaban J connectivity index is 0.933. The molecule has 13 rings (SSSR count). The number of nitrogens with zero attached hydrogens (tertiary/aromatic N) is 3. The van der Waals surface area contributed by atoms with Gasteiger partial charge in [-0.25, -0.2) is 0 Å². The van der Waals surface area contributed by atoms with Crippen LogP contribution < -0.4 is 0 Å². The molecule has 0 aliphatic rings. The molecule has 10 aromatic carbocycles. The summed E-state index contributed by atoms with van der Waals surface area (Å²) in [4.78, 5) is 0. The van der Waals surface area contributed by atoms with Crippen LogP contribution in [0, 0.1) is 0 Å². The highest BCUT2D eigenvalue weighted by Gasteiger charge is 2.16. The zero-order valence-electron chi connectivity index (χ0n) is 34.4. The minimum absolute atomic E-state index is 1.15. The molecule has 294 valence electrons. The molecule has 0 spiro atoms. The molecule has 3 aromatic heterocycles. The van der Waals surface area contributed by atoms with Crippen LogP contribution in [0.15, 0.2) is 237 Å². The second kappa shape index (κ2) is 14.1. The van der Waals surface area contributed by atoms with Gasteiger partial charge in [0.25, 0.3) is 0 Å². The van der Waals surface area contributed by atoms with Crippen molar-refractivity contribution in [3.05, 3.63) is 237 Å². The summed E-state index contributed by atoms with van der Waals surface area (Å²) < 4.78 is 7.15. The lowest BCUT2D eigenvalue weighted by Gasteiger charge is -2.14. The van der Waals surface area contributed by atoms with E-state index in [2.05, 4.69) is 250 Å².